The Labute approximate surface area is 125 Å². The second-order valence-electron chi connectivity index (χ2n) is 5.27. The highest BCUT2D eigenvalue weighted by Crippen LogP contribution is 2.21. The Morgan fingerprint density at radius 1 is 1.00 bits per heavy atom. The van der Waals surface area contributed by atoms with Gasteiger partial charge in [0, 0.05) is 24.0 Å². The summed E-state index contributed by atoms with van der Waals surface area (Å²) in [5.41, 5.74) is 3.43. The number of benzene rings is 2. The molecule has 0 aliphatic heterocycles. The third kappa shape index (κ3) is 3.41. The van der Waals surface area contributed by atoms with Crippen molar-refractivity contribution in [2.75, 3.05) is 13.6 Å². The van der Waals surface area contributed by atoms with E-state index < -0.39 is 0 Å². The van der Waals surface area contributed by atoms with Crippen LogP contribution < -0.4 is 0 Å². The van der Waals surface area contributed by atoms with Gasteiger partial charge >= 0.3 is 0 Å². The van der Waals surface area contributed by atoms with E-state index in [1.54, 1.807) is 0 Å². The van der Waals surface area contributed by atoms with Gasteiger partial charge in [-0.2, -0.15) is 0 Å². The fourth-order valence-corrected chi connectivity index (χ4v) is 2.44. The molecule has 2 aromatic carbocycles. The van der Waals surface area contributed by atoms with E-state index in [2.05, 4.69) is 60.5 Å². The molecule has 21 heavy (non-hydrogen) atoms. The molecule has 106 valence electrons. The van der Waals surface area contributed by atoms with E-state index in [0.717, 1.165) is 18.7 Å². The van der Waals surface area contributed by atoms with E-state index in [4.69, 9.17) is 4.42 Å². The SMILES string of the molecule is CN(CC=Cc1ccccc1)Cc1coc2ccccc12. The standard InChI is InChI=1S/C19H19NO/c1-20(13-7-10-16-8-3-2-4-9-16)14-17-15-21-19-12-6-5-11-18(17)19/h2-12,15H,13-14H2,1H3. The molecule has 0 bridgehead atoms. The molecule has 2 heteroatoms. The molecular formula is C19H19NO. The molecule has 0 saturated carbocycles. The van der Waals surface area contributed by atoms with Gasteiger partial charge in [-0.25, -0.2) is 0 Å². The summed E-state index contributed by atoms with van der Waals surface area (Å²) in [6.07, 6.45) is 6.21. The van der Waals surface area contributed by atoms with Gasteiger partial charge < -0.3 is 4.42 Å². The molecule has 0 fully saturated rings. The first-order chi connectivity index (χ1) is 10.3. The number of hydrogen-bond donors (Lipinski definition) is 0. The molecule has 0 atom stereocenters. The molecule has 3 aromatic rings. The summed E-state index contributed by atoms with van der Waals surface area (Å²) in [7, 11) is 2.12. The summed E-state index contributed by atoms with van der Waals surface area (Å²) < 4.78 is 5.58. The van der Waals surface area contributed by atoms with Gasteiger partial charge in [0.25, 0.3) is 0 Å². The van der Waals surface area contributed by atoms with Crippen molar-refractivity contribution < 1.29 is 4.42 Å². The van der Waals surface area contributed by atoms with Gasteiger partial charge in [0.15, 0.2) is 0 Å². The quantitative estimate of drug-likeness (QED) is 0.679. The molecule has 0 radical (unpaired) electrons. The summed E-state index contributed by atoms with van der Waals surface area (Å²) in [5, 5.41) is 1.20. The van der Waals surface area contributed by atoms with E-state index in [1.165, 1.54) is 16.5 Å². The summed E-state index contributed by atoms with van der Waals surface area (Å²) >= 11 is 0. The minimum Gasteiger partial charge on any atom is -0.464 e. The molecule has 0 amide bonds. The zero-order valence-electron chi connectivity index (χ0n) is 12.2. The minimum absolute atomic E-state index is 0.885. The number of hydrogen-bond acceptors (Lipinski definition) is 2. The predicted octanol–water partition coefficient (Wildman–Crippen LogP) is 4.58. The average Bonchev–Trinajstić information content (AvgIpc) is 2.92. The average molecular weight is 277 g/mol. The first-order valence-electron chi connectivity index (χ1n) is 7.18. The molecule has 0 aliphatic carbocycles. The van der Waals surface area contributed by atoms with Gasteiger partial charge in [-0.3, -0.25) is 4.90 Å². The highest BCUT2D eigenvalue weighted by atomic mass is 16.3. The molecule has 0 unspecified atom stereocenters. The Hall–Kier alpha value is -2.32. The zero-order valence-corrected chi connectivity index (χ0v) is 12.2. The topological polar surface area (TPSA) is 16.4 Å². The summed E-state index contributed by atoms with van der Waals surface area (Å²) in [4.78, 5) is 2.27. The highest BCUT2D eigenvalue weighted by molar-refractivity contribution is 5.80. The highest BCUT2D eigenvalue weighted by Gasteiger charge is 2.06. The predicted molar refractivity (Wildman–Crippen MR) is 88.0 cm³/mol. The number of furan rings is 1. The van der Waals surface area contributed by atoms with Crippen LogP contribution in [-0.2, 0) is 6.54 Å². The number of likely N-dealkylation sites (N-methyl/N-ethyl adjacent to an activating group) is 1. The molecular weight excluding hydrogens is 258 g/mol. The van der Waals surface area contributed by atoms with Crippen molar-refractivity contribution >= 4 is 17.0 Å². The molecule has 0 spiro atoms. The van der Waals surface area contributed by atoms with Crippen LogP contribution in [0.1, 0.15) is 11.1 Å². The monoisotopic (exact) mass is 277 g/mol. The van der Waals surface area contributed by atoms with Crippen LogP contribution in [0.15, 0.2) is 71.4 Å². The normalized spacial score (nSPS) is 11.7. The molecule has 3 rings (SSSR count). The Balaban J connectivity index is 1.61. The number of fused-ring (bicyclic) bond motifs is 1. The molecule has 0 N–H and O–H groups in total. The fraction of sp³-hybridized carbons (Fsp3) is 0.158. The maximum Gasteiger partial charge on any atom is 0.134 e. The van der Waals surface area contributed by atoms with Crippen molar-refractivity contribution in [1.29, 1.82) is 0 Å². The smallest absolute Gasteiger partial charge is 0.134 e. The third-order valence-corrected chi connectivity index (χ3v) is 3.53. The van der Waals surface area contributed by atoms with E-state index in [9.17, 15) is 0 Å². The maximum absolute atomic E-state index is 5.58. The van der Waals surface area contributed by atoms with Crippen molar-refractivity contribution in [2.24, 2.45) is 0 Å². The lowest BCUT2D eigenvalue weighted by molar-refractivity contribution is 0.363. The van der Waals surface area contributed by atoms with Crippen LogP contribution in [0.5, 0.6) is 0 Å². The van der Waals surface area contributed by atoms with Gasteiger partial charge in [-0.05, 0) is 18.7 Å². The van der Waals surface area contributed by atoms with E-state index in [0.29, 0.717) is 0 Å². The van der Waals surface area contributed by atoms with Gasteiger partial charge in [-0.15, -0.1) is 0 Å². The maximum atomic E-state index is 5.58. The van der Waals surface area contributed by atoms with Crippen LogP contribution >= 0.6 is 0 Å². The van der Waals surface area contributed by atoms with Crippen LogP contribution in [0.2, 0.25) is 0 Å². The largest absolute Gasteiger partial charge is 0.464 e. The molecule has 0 saturated heterocycles. The molecule has 1 aromatic heterocycles. The Morgan fingerprint density at radius 2 is 1.76 bits per heavy atom. The first-order valence-corrected chi connectivity index (χ1v) is 7.18. The van der Waals surface area contributed by atoms with Crippen molar-refractivity contribution in [3.05, 3.63) is 78.1 Å². The third-order valence-electron chi connectivity index (χ3n) is 3.53. The molecule has 0 aliphatic rings. The Bertz CT molecular complexity index is 727. The van der Waals surface area contributed by atoms with Crippen LogP contribution in [-0.4, -0.2) is 18.5 Å². The van der Waals surface area contributed by atoms with Gasteiger partial charge in [-0.1, -0.05) is 60.7 Å². The fourth-order valence-electron chi connectivity index (χ4n) is 2.44. The first kappa shape index (κ1) is 13.7. The Morgan fingerprint density at radius 3 is 2.62 bits per heavy atom. The lowest BCUT2D eigenvalue weighted by Crippen LogP contribution is -2.17. The van der Waals surface area contributed by atoms with E-state index >= 15 is 0 Å². The second kappa shape index (κ2) is 6.42. The van der Waals surface area contributed by atoms with E-state index in [1.807, 2.05) is 24.5 Å². The molecule has 1 heterocycles. The van der Waals surface area contributed by atoms with Crippen molar-refractivity contribution in [3.8, 4) is 0 Å². The Kier molecular flexibility index (Phi) is 4.17. The van der Waals surface area contributed by atoms with Crippen LogP contribution in [0.4, 0.5) is 0 Å². The zero-order chi connectivity index (χ0) is 14.5. The van der Waals surface area contributed by atoms with Crippen molar-refractivity contribution in [3.63, 3.8) is 0 Å². The van der Waals surface area contributed by atoms with Crippen LogP contribution in [0.3, 0.4) is 0 Å². The van der Waals surface area contributed by atoms with Crippen molar-refractivity contribution in [2.45, 2.75) is 6.54 Å². The van der Waals surface area contributed by atoms with Gasteiger partial charge in [0.2, 0.25) is 0 Å². The van der Waals surface area contributed by atoms with Gasteiger partial charge in [0.1, 0.15) is 5.58 Å². The van der Waals surface area contributed by atoms with E-state index in [-0.39, 0.29) is 0 Å². The van der Waals surface area contributed by atoms with Gasteiger partial charge in [0.05, 0.1) is 6.26 Å². The van der Waals surface area contributed by atoms with Crippen LogP contribution in [0.25, 0.3) is 17.0 Å². The minimum atomic E-state index is 0.885. The molecule has 2 nitrogen and oxygen atoms in total. The lowest BCUT2D eigenvalue weighted by atomic mass is 10.1. The summed E-state index contributed by atoms with van der Waals surface area (Å²) in [5.74, 6) is 0. The summed E-state index contributed by atoms with van der Waals surface area (Å²) in [6, 6.07) is 18.5. The number of para-hydroxylation sites is 1. The second-order valence-corrected chi connectivity index (χ2v) is 5.27. The number of rotatable bonds is 5. The summed E-state index contributed by atoms with van der Waals surface area (Å²) in [6.45, 7) is 1.80. The van der Waals surface area contributed by atoms with Crippen molar-refractivity contribution in [1.82, 2.24) is 4.90 Å². The lowest BCUT2D eigenvalue weighted by Gasteiger charge is -2.13. The number of nitrogens with zero attached hydrogens (tertiary/aromatic N) is 1. The van der Waals surface area contributed by atoms with Crippen LogP contribution in [0, 0.1) is 0 Å².